The molecule has 0 amide bonds. The third-order valence-corrected chi connectivity index (χ3v) is 3.19. The van der Waals surface area contributed by atoms with Gasteiger partial charge >= 0.3 is 0 Å². The van der Waals surface area contributed by atoms with Gasteiger partial charge in [0.15, 0.2) is 0 Å². The highest BCUT2D eigenvalue weighted by Gasteiger charge is 2.19. The summed E-state index contributed by atoms with van der Waals surface area (Å²) in [7, 11) is 0. The second-order valence-electron chi connectivity index (χ2n) is 4.39. The van der Waals surface area contributed by atoms with Gasteiger partial charge in [0.05, 0.1) is 17.4 Å². The first kappa shape index (κ1) is 13.6. The number of nitrogens with zero attached hydrogens (tertiary/aromatic N) is 3. The molecule has 4 heteroatoms. The monoisotopic (exact) mass is 256 g/mol. The molecule has 0 aliphatic rings. The molecule has 0 aliphatic carbocycles. The molecule has 0 bridgehead atoms. The summed E-state index contributed by atoms with van der Waals surface area (Å²) >= 11 is 0. The van der Waals surface area contributed by atoms with Gasteiger partial charge in [0.2, 0.25) is 0 Å². The minimum absolute atomic E-state index is 0.133. The van der Waals surface area contributed by atoms with Crippen LogP contribution in [0.5, 0.6) is 0 Å². The van der Waals surface area contributed by atoms with E-state index in [0.29, 0.717) is 6.54 Å². The zero-order valence-corrected chi connectivity index (χ0v) is 11.2. The van der Waals surface area contributed by atoms with Crippen LogP contribution in [0.2, 0.25) is 0 Å². The Bertz CT molecular complexity index is 472. The SMILES string of the molecule is CCN(Cc1ccccn1)C(CN)c1ccccn1. The maximum absolute atomic E-state index is 5.93. The molecule has 2 N–H and O–H groups in total. The molecule has 0 saturated heterocycles. The lowest BCUT2D eigenvalue weighted by Crippen LogP contribution is -2.34. The fraction of sp³-hybridized carbons (Fsp3) is 0.333. The Morgan fingerprint density at radius 2 is 1.84 bits per heavy atom. The van der Waals surface area contributed by atoms with Gasteiger partial charge < -0.3 is 5.73 Å². The van der Waals surface area contributed by atoms with E-state index in [2.05, 4.69) is 21.8 Å². The fourth-order valence-electron chi connectivity index (χ4n) is 2.17. The largest absolute Gasteiger partial charge is 0.329 e. The summed E-state index contributed by atoms with van der Waals surface area (Å²) in [6.07, 6.45) is 3.63. The molecular formula is C15H20N4. The van der Waals surface area contributed by atoms with Crippen LogP contribution in [0.25, 0.3) is 0 Å². The van der Waals surface area contributed by atoms with E-state index >= 15 is 0 Å². The summed E-state index contributed by atoms with van der Waals surface area (Å²) in [5.41, 5.74) is 8.00. The standard InChI is InChI=1S/C15H20N4/c1-2-19(12-13-7-3-5-9-17-13)15(11-16)14-8-4-6-10-18-14/h3-10,15H,2,11-12,16H2,1H3. The molecule has 4 nitrogen and oxygen atoms in total. The molecule has 100 valence electrons. The summed E-state index contributed by atoms with van der Waals surface area (Å²) in [6.45, 7) is 4.39. The van der Waals surface area contributed by atoms with Crippen LogP contribution in [0.4, 0.5) is 0 Å². The predicted molar refractivity (Wildman–Crippen MR) is 76.4 cm³/mol. The number of likely N-dealkylation sites (N-methyl/N-ethyl adjacent to an activating group) is 1. The van der Waals surface area contributed by atoms with Crippen molar-refractivity contribution in [3.63, 3.8) is 0 Å². The Hall–Kier alpha value is -1.78. The molecule has 0 aromatic carbocycles. The normalized spacial score (nSPS) is 12.6. The van der Waals surface area contributed by atoms with E-state index in [1.807, 2.05) is 48.8 Å². The van der Waals surface area contributed by atoms with Crippen molar-refractivity contribution in [2.75, 3.05) is 13.1 Å². The zero-order chi connectivity index (χ0) is 13.5. The van der Waals surface area contributed by atoms with Gasteiger partial charge in [-0.2, -0.15) is 0 Å². The Morgan fingerprint density at radius 3 is 2.37 bits per heavy atom. The van der Waals surface area contributed by atoms with Crippen molar-refractivity contribution in [2.24, 2.45) is 5.73 Å². The maximum Gasteiger partial charge on any atom is 0.0647 e. The average molecular weight is 256 g/mol. The molecule has 0 aliphatic heterocycles. The number of hydrogen-bond acceptors (Lipinski definition) is 4. The van der Waals surface area contributed by atoms with Crippen molar-refractivity contribution in [1.29, 1.82) is 0 Å². The molecule has 0 radical (unpaired) electrons. The van der Waals surface area contributed by atoms with E-state index in [-0.39, 0.29) is 6.04 Å². The third kappa shape index (κ3) is 3.59. The highest BCUT2D eigenvalue weighted by atomic mass is 15.2. The van der Waals surface area contributed by atoms with Crippen LogP contribution >= 0.6 is 0 Å². The average Bonchev–Trinajstić information content (AvgIpc) is 2.49. The number of rotatable bonds is 6. The summed E-state index contributed by atoms with van der Waals surface area (Å²) < 4.78 is 0. The van der Waals surface area contributed by atoms with Crippen LogP contribution in [0.3, 0.4) is 0 Å². The first-order valence-electron chi connectivity index (χ1n) is 6.60. The molecule has 19 heavy (non-hydrogen) atoms. The molecule has 2 heterocycles. The molecule has 0 fully saturated rings. The Kier molecular flexibility index (Phi) is 5.01. The smallest absolute Gasteiger partial charge is 0.0647 e. The summed E-state index contributed by atoms with van der Waals surface area (Å²) in [4.78, 5) is 11.1. The predicted octanol–water partition coefficient (Wildman–Crippen LogP) is 2.00. The summed E-state index contributed by atoms with van der Waals surface area (Å²) in [6, 6.07) is 12.1. The molecule has 2 aromatic heterocycles. The second kappa shape index (κ2) is 6.97. The van der Waals surface area contributed by atoms with Crippen molar-refractivity contribution in [3.05, 3.63) is 60.2 Å². The molecule has 0 saturated carbocycles. The van der Waals surface area contributed by atoms with E-state index in [9.17, 15) is 0 Å². The van der Waals surface area contributed by atoms with Crippen molar-refractivity contribution in [2.45, 2.75) is 19.5 Å². The lowest BCUT2D eigenvalue weighted by molar-refractivity contribution is 0.197. The summed E-state index contributed by atoms with van der Waals surface area (Å²) in [5, 5.41) is 0. The minimum atomic E-state index is 0.133. The van der Waals surface area contributed by atoms with Crippen LogP contribution in [0, 0.1) is 0 Å². The van der Waals surface area contributed by atoms with E-state index in [1.165, 1.54) is 0 Å². The number of nitrogens with two attached hydrogens (primary N) is 1. The van der Waals surface area contributed by atoms with Gasteiger partial charge in [0.1, 0.15) is 0 Å². The van der Waals surface area contributed by atoms with Crippen LogP contribution in [0.1, 0.15) is 24.4 Å². The third-order valence-electron chi connectivity index (χ3n) is 3.19. The molecule has 1 unspecified atom stereocenters. The van der Waals surface area contributed by atoms with E-state index in [4.69, 9.17) is 5.73 Å². The Morgan fingerprint density at radius 1 is 1.11 bits per heavy atom. The highest BCUT2D eigenvalue weighted by Crippen LogP contribution is 2.19. The van der Waals surface area contributed by atoms with Crippen molar-refractivity contribution < 1.29 is 0 Å². The van der Waals surface area contributed by atoms with Gasteiger partial charge in [-0.1, -0.05) is 19.1 Å². The maximum atomic E-state index is 5.93. The highest BCUT2D eigenvalue weighted by molar-refractivity contribution is 5.11. The quantitative estimate of drug-likeness (QED) is 0.859. The lowest BCUT2D eigenvalue weighted by Gasteiger charge is -2.29. The van der Waals surface area contributed by atoms with Gasteiger partial charge in [0, 0.05) is 25.5 Å². The first-order chi connectivity index (χ1) is 9.35. The van der Waals surface area contributed by atoms with Gasteiger partial charge in [-0.25, -0.2) is 0 Å². The Balaban J connectivity index is 2.15. The fourth-order valence-corrected chi connectivity index (χ4v) is 2.17. The van der Waals surface area contributed by atoms with Crippen LogP contribution < -0.4 is 5.73 Å². The second-order valence-corrected chi connectivity index (χ2v) is 4.39. The lowest BCUT2D eigenvalue weighted by atomic mass is 10.1. The zero-order valence-electron chi connectivity index (χ0n) is 11.2. The topological polar surface area (TPSA) is 55.0 Å². The minimum Gasteiger partial charge on any atom is -0.329 e. The number of pyridine rings is 2. The molecule has 0 spiro atoms. The van der Waals surface area contributed by atoms with Gasteiger partial charge in [-0.05, 0) is 30.8 Å². The van der Waals surface area contributed by atoms with Crippen LogP contribution in [-0.4, -0.2) is 28.0 Å². The molecular weight excluding hydrogens is 236 g/mol. The molecule has 2 rings (SSSR count). The van der Waals surface area contributed by atoms with Crippen molar-refractivity contribution >= 4 is 0 Å². The first-order valence-corrected chi connectivity index (χ1v) is 6.60. The van der Waals surface area contributed by atoms with E-state index < -0.39 is 0 Å². The van der Waals surface area contributed by atoms with Gasteiger partial charge in [-0.3, -0.25) is 14.9 Å². The molecule has 2 aromatic rings. The van der Waals surface area contributed by atoms with Crippen molar-refractivity contribution in [3.8, 4) is 0 Å². The Labute approximate surface area is 114 Å². The molecule has 1 atom stereocenters. The van der Waals surface area contributed by atoms with Gasteiger partial charge in [0.25, 0.3) is 0 Å². The van der Waals surface area contributed by atoms with E-state index in [1.54, 1.807) is 0 Å². The van der Waals surface area contributed by atoms with Crippen LogP contribution in [0.15, 0.2) is 48.8 Å². The number of hydrogen-bond donors (Lipinski definition) is 1. The van der Waals surface area contributed by atoms with Gasteiger partial charge in [-0.15, -0.1) is 0 Å². The van der Waals surface area contributed by atoms with E-state index in [0.717, 1.165) is 24.5 Å². The van der Waals surface area contributed by atoms with Crippen molar-refractivity contribution in [1.82, 2.24) is 14.9 Å². The summed E-state index contributed by atoms with van der Waals surface area (Å²) in [5.74, 6) is 0. The number of aromatic nitrogens is 2. The van der Waals surface area contributed by atoms with Crippen LogP contribution in [-0.2, 0) is 6.54 Å².